The maximum atomic E-state index is 7.08. The van der Waals surface area contributed by atoms with Gasteiger partial charge in [0.25, 0.3) is 8.32 Å². The predicted molar refractivity (Wildman–Crippen MR) is 133 cm³/mol. The number of halogens is 2. The molecule has 1 radical (unpaired) electrons. The molecule has 181 valence electrons. The Balaban J connectivity index is 0.00000341. The summed E-state index contributed by atoms with van der Waals surface area (Å²) in [7, 11) is -4.08. The minimum atomic E-state index is -2.05. The largest absolute Gasteiger partial charge is 3.00 e. The molecule has 7 heteroatoms. The number of fused-ring (bicyclic) bond motifs is 1. The van der Waals surface area contributed by atoms with Crippen LogP contribution in [0.1, 0.15) is 65.0 Å². The molecule has 0 saturated carbocycles. The third-order valence-corrected chi connectivity index (χ3v) is 16.1. The van der Waals surface area contributed by atoms with Gasteiger partial charge in [0.05, 0.1) is 0 Å². The van der Waals surface area contributed by atoms with Crippen molar-refractivity contribution in [3.05, 3.63) is 65.0 Å². The summed E-state index contributed by atoms with van der Waals surface area (Å²) >= 11 is 0. The molecule has 1 aromatic rings. The van der Waals surface area contributed by atoms with E-state index >= 15 is 0 Å². The van der Waals surface area contributed by atoms with E-state index in [-0.39, 0.29) is 67.0 Å². The average Bonchev–Trinajstić information content (AvgIpc) is 3.20. The van der Waals surface area contributed by atoms with Gasteiger partial charge < -0.3 is 33.7 Å². The van der Waals surface area contributed by atoms with Gasteiger partial charge in [0.15, 0.2) is 0 Å². The molecule has 0 aliphatic heterocycles. The zero-order chi connectivity index (χ0) is 22.5. The van der Waals surface area contributed by atoms with E-state index in [2.05, 4.69) is 110 Å². The molecule has 0 aromatic heterocycles. The Morgan fingerprint density at radius 1 is 0.848 bits per heavy atom. The Morgan fingerprint density at radius 3 is 1.85 bits per heavy atom. The van der Waals surface area contributed by atoms with Crippen LogP contribution in [0.5, 0.6) is 0 Å². The Kier molecular flexibility index (Phi) is 11.3. The first-order valence-corrected chi connectivity index (χ1v) is 16.9. The molecule has 2 nitrogen and oxygen atoms in total. The summed E-state index contributed by atoms with van der Waals surface area (Å²) in [5.41, 5.74) is 3.86. The minimum Gasteiger partial charge on any atom is -1.00 e. The standard InChI is InChI=1S/C26H39O2Si2.2ClH.Zr/c1-25(2,3)29(7,8)27-23-21-18-14-13-17-20(21)22(19-15-11-12-16-19)24(23)28-30(9,10)26(4,5)6;;;/h11,13-15,17-18,22H,16H2,1-10H3;2*1H;/q-1;;;+3/p-2. The summed E-state index contributed by atoms with van der Waals surface area (Å²) in [6.07, 6.45) is 8.49. The first kappa shape index (κ1) is 32.9. The van der Waals surface area contributed by atoms with Crippen molar-refractivity contribution in [2.45, 2.75) is 90.1 Å². The minimum absolute atomic E-state index is 0. The molecule has 1 atom stereocenters. The second-order valence-corrected chi connectivity index (χ2v) is 21.2. The van der Waals surface area contributed by atoms with Crippen molar-refractivity contribution >= 4 is 22.4 Å². The van der Waals surface area contributed by atoms with Crippen molar-refractivity contribution in [3.8, 4) is 0 Å². The molecule has 2 aliphatic carbocycles. The van der Waals surface area contributed by atoms with Crippen LogP contribution in [0, 0.1) is 6.08 Å². The van der Waals surface area contributed by atoms with E-state index in [1.54, 1.807) is 0 Å². The summed E-state index contributed by atoms with van der Waals surface area (Å²) in [5, 5.41) is 0.243. The first-order valence-electron chi connectivity index (χ1n) is 11.1. The van der Waals surface area contributed by atoms with Crippen molar-refractivity contribution in [2.24, 2.45) is 0 Å². The van der Waals surface area contributed by atoms with Crippen LogP contribution in [0.2, 0.25) is 36.3 Å². The Bertz CT molecular complexity index is 923. The van der Waals surface area contributed by atoms with E-state index in [1.165, 1.54) is 16.7 Å². The van der Waals surface area contributed by atoms with E-state index in [0.717, 1.165) is 17.9 Å². The van der Waals surface area contributed by atoms with Crippen molar-refractivity contribution in [2.75, 3.05) is 0 Å². The van der Waals surface area contributed by atoms with Crippen LogP contribution in [0.3, 0.4) is 0 Å². The van der Waals surface area contributed by atoms with Crippen LogP contribution in [0.15, 0.2) is 47.7 Å². The first-order chi connectivity index (χ1) is 13.7. The Morgan fingerprint density at radius 2 is 1.36 bits per heavy atom. The van der Waals surface area contributed by atoms with Crippen molar-refractivity contribution in [1.82, 2.24) is 0 Å². The van der Waals surface area contributed by atoms with Crippen molar-refractivity contribution in [3.63, 3.8) is 0 Å². The molecule has 1 unspecified atom stereocenters. The van der Waals surface area contributed by atoms with Gasteiger partial charge in [-0.1, -0.05) is 65.8 Å². The molecule has 0 N–H and O–H groups in total. The topological polar surface area (TPSA) is 18.5 Å². The number of allylic oxidation sites excluding steroid dienone is 4. The van der Waals surface area contributed by atoms with Gasteiger partial charge in [0.1, 0.15) is 11.5 Å². The summed E-state index contributed by atoms with van der Waals surface area (Å²) in [6, 6.07) is 8.71. The van der Waals surface area contributed by atoms with Crippen LogP contribution < -0.4 is 24.8 Å². The van der Waals surface area contributed by atoms with Crippen molar-refractivity contribution < 1.29 is 59.9 Å². The molecule has 0 amide bonds. The van der Waals surface area contributed by atoms with Gasteiger partial charge in [-0.05, 0) is 41.8 Å². The van der Waals surface area contributed by atoms with Crippen LogP contribution in [0.4, 0.5) is 0 Å². The maximum absolute atomic E-state index is 7.08. The summed E-state index contributed by atoms with van der Waals surface area (Å²) in [6.45, 7) is 23.1. The van der Waals surface area contributed by atoms with Gasteiger partial charge in [-0.25, -0.2) is 12.2 Å². The molecule has 0 heterocycles. The van der Waals surface area contributed by atoms with Crippen LogP contribution in [0.25, 0.3) is 5.76 Å². The molecule has 0 saturated heterocycles. The van der Waals surface area contributed by atoms with Gasteiger partial charge in [0.2, 0.25) is 8.32 Å². The monoisotopic (exact) mass is 599 g/mol. The second-order valence-electron chi connectivity index (χ2n) is 11.7. The number of rotatable bonds is 5. The fraction of sp³-hybridized carbons (Fsp3) is 0.538. The summed E-state index contributed by atoms with van der Waals surface area (Å²) in [5.74, 6) is 2.15. The van der Waals surface area contributed by atoms with E-state index in [9.17, 15) is 0 Å². The molecule has 33 heavy (non-hydrogen) atoms. The van der Waals surface area contributed by atoms with E-state index in [0.29, 0.717) is 0 Å². The van der Waals surface area contributed by atoms with Crippen LogP contribution in [-0.2, 0) is 35.1 Å². The summed E-state index contributed by atoms with van der Waals surface area (Å²) < 4.78 is 14.1. The van der Waals surface area contributed by atoms with Crippen molar-refractivity contribution in [1.29, 1.82) is 0 Å². The van der Waals surface area contributed by atoms with Gasteiger partial charge in [0, 0.05) is 11.5 Å². The molecule has 3 rings (SSSR count). The van der Waals surface area contributed by atoms with Gasteiger partial charge in [-0.15, -0.1) is 6.42 Å². The quantitative estimate of drug-likeness (QED) is 0.381. The summed E-state index contributed by atoms with van der Waals surface area (Å²) in [4.78, 5) is 0. The van der Waals surface area contributed by atoms with Gasteiger partial charge in [-0.2, -0.15) is 5.57 Å². The average molecular weight is 602 g/mol. The molecular weight excluding hydrogens is 563 g/mol. The number of hydrogen-bond donors (Lipinski definition) is 0. The third kappa shape index (κ3) is 6.58. The van der Waals surface area contributed by atoms with E-state index in [1.807, 2.05) is 0 Å². The molecular formula is C26H39Cl2O2Si2Zr. The molecule has 1 aromatic carbocycles. The maximum Gasteiger partial charge on any atom is 3.00 e. The van der Waals surface area contributed by atoms with Crippen LogP contribution >= 0.6 is 0 Å². The van der Waals surface area contributed by atoms with Crippen LogP contribution in [-0.4, -0.2) is 16.6 Å². The third-order valence-electron chi connectivity index (χ3n) is 7.43. The molecule has 2 aliphatic rings. The SMILES string of the molecule is CC(C)(C)[Si](C)(C)OC1=C(O[Si](C)(C)C(C)(C)C)C(C2=CC=[C-]C2)c2ccccc21.[Cl-].[Cl-].[Zr+3]. The number of benzene rings is 1. The fourth-order valence-corrected chi connectivity index (χ4v) is 5.47. The Hall–Kier alpha value is -0.0631. The molecule has 0 bridgehead atoms. The zero-order valence-electron chi connectivity index (χ0n) is 21.8. The van der Waals surface area contributed by atoms with Gasteiger partial charge >= 0.3 is 26.2 Å². The fourth-order valence-electron chi connectivity index (χ4n) is 3.38. The number of hydrogen-bond acceptors (Lipinski definition) is 2. The zero-order valence-corrected chi connectivity index (χ0v) is 27.8. The normalized spacial score (nSPS) is 18.0. The molecule has 0 fully saturated rings. The predicted octanol–water partition coefficient (Wildman–Crippen LogP) is 2.19. The second kappa shape index (κ2) is 11.3. The smallest absolute Gasteiger partial charge is 1.00 e. The van der Waals surface area contributed by atoms with Gasteiger partial charge in [-0.3, -0.25) is 6.08 Å². The van der Waals surface area contributed by atoms with E-state index in [4.69, 9.17) is 8.85 Å². The Labute approximate surface area is 235 Å². The van der Waals surface area contributed by atoms with E-state index < -0.39 is 16.6 Å². The molecule has 0 spiro atoms.